The van der Waals surface area contributed by atoms with Gasteiger partial charge >= 0.3 is 0 Å². The van der Waals surface area contributed by atoms with E-state index < -0.39 is 5.60 Å². The highest BCUT2D eigenvalue weighted by Crippen LogP contribution is 2.39. The second-order valence-corrected chi connectivity index (χ2v) is 5.56. The van der Waals surface area contributed by atoms with Crippen LogP contribution < -0.4 is 5.32 Å². The standard InChI is InChI=1S/C14H24N2O2/c1-2-8-15-10-13(17)16-9-7-14(18)6-4-3-5-12(14)11-16/h2,12,15,18H,1,3-11H2. The molecule has 1 saturated heterocycles. The number of nitrogens with one attached hydrogen (secondary N) is 1. The molecule has 2 N–H and O–H groups in total. The van der Waals surface area contributed by atoms with E-state index in [1.165, 1.54) is 6.42 Å². The lowest BCUT2D eigenvalue weighted by molar-refractivity contribution is -0.142. The van der Waals surface area contributed by atoms with E-state index in [9.17, 15) is 9.90 Å². The molecule has 1 aliphatic carbocycles. The number of amides is 1. The molecule has 1 heterocycles. The molecule has 2 fully saturated rings. The molecule has 4 nitrogen and oxygen atoms in total. The topological polar surface area (TPSA) is 52.6 Å². The predicted molar refractivity (Wildman–Crippen MR) is 71.2 cm³/mol. The van der Waals surface area contributed by atoms with E-state index in [1.807, 2.05) is 4.90 Å². The third kappa shape index (κ3) is 2.93. The van der Waals surface area contributed by atoms with Gasteiger partial charge in [0.05, 0.1) is 12.1 Å². The number of nitrogens with zero attached hydrogens (tertiary/aromatic N) is 1. The summed E-state index contributed by atoms with van der Waals surface area (Å²) >= 11 is 0. The number of carbonyl (C=O) groups is 1. The SMILES string of the molecule is C=CCNCC(=O)N1CCC2(O)CCCCC2C1. The van der Waals surface area contributed by atoms with Gasteiger partial charge in [0, 0.05) is 25.6 Å². The summed E-state index contributed by atoms with van der Waals surface area (Å²) in [5, 5.41) is 13.6. The Labute approximate surface area is 109 Å². The highest BCUT2D eigenvalue weighted by Gasteiger charge is 2.43. The van der Waals surface area contributed by atoms with Gasteiger partial charge in [0.25, 0.3) is 0 Å². The molecule has 4 heteroatoms. The molecule has 18 heavy (non-hydrogen) atoms. The molecular formula is C14H24N2O2. The average Bonchev–Trinajstić information content (AvgIpc) is 2.37. The third-order valence-electron chi connectivity index (χ3n) is 4.35. The Morgan fingerprint density at radius 2 is 2.33 bits per heavy atom. The second kappa shape index (κ2) is 5.85. The van der Waals surface area contributed by atoms with Gasteiger partial charge in [-0.05, 0) is 19.3 Å². The van der Waals surface area contributed by atoms with Crippen molar-refractivity contribution in [2.45, 2.75) is 37.7 Å². The van der Waals surface area contributed by atoms with Gasteiger partial charge in [0.15, 0.2) is 0 Å². The number of hydrogen-bond donors (Lipinski definition) is 2. The van der Waals surface area contributed by atoms with Crippen LogP contribution in [0.25, 0.3) is 0 Å². The Bertz CT molecular complexity index is 319. The number of likely N-dealkylation sites (tertiary alicyclic amines) is 1. The molecule has 0 aromatic rings. The maximum Gasteiger partial charge on any atom is 0.236 e. The minimum absolute atomic E-state index is 0.143. The summed E-state index contributed by atoms with van der Waals surface area (Å²) in [4.78, 5) is 13.9. The number of rotatable bonds is 4. The molecule has 0 aromatic heterocycles. The molecule has 1 amide bonds. The minimum Gasteiger partial charge on any atom is -0.389 e. The van der Waals surface area contributed by atoms with Crippen molar-refractivity contribution >= 4 is 5.91 Å². The lowest BCUT2D eigenvalue weighted by Gasteiger charge is -2.47. The summed E-state index contributed by atoms with van der Waals surface area (Å²) in [5.41, 5.74) is -0.496. The summed E-state index contributed by atoms with van der Waals surface area (Å²) < 4.78 is 0. The Morgan fingerprint density at radius 3 is 3.11 bits per heavy atom. The zero-order chi connectivity index (χ0) is 13.0. The van der Waals surface area contributed by atoms with Crippen LogP contribution in [-0.2, 0) is 4.79 Å². The first-order chi connectivity index (χ1) is 8.65. The van der Waals surface area contributed by atoms with Crippen molar-refractivity contribution in [3.63, 3.8) is 0 Å². The van der Waals surface area contributed by atoms with Gasteiger partial charge in [-0.1, -0.05) is 18.9 Å². The van der Waals surface area contributed by atoms with Crippen LogP contribution in [0.3, 0.4) is 0 Å². The molecule has 102 valence electrons. The van der Waals surface area contributed by atoms with Gasteiger partial charge in [0.2, 0.25) is 5.91 Å². The molecule has 0 aromatic carbocycles. The van der Waals surface area contributed by atoms with E-state index in [-0.39, 0.29) is 11.8 Å². The Kier molecular flexibility index (Phi) is 4.40. The van der Waals surface area contributed by atoms with Gasteiger partial charge in [-0.25, -0.2) is 0 Å². The van der Waals surface area contributed by atoms with Crippen molar-refractivity contribution in [2.75, 3.05) is 26.2 Å². The Morgan fingerprint density at radius 1 is 1.50 bits per heavy atom. The van der Waals surface area contributed by atoms with Crippen LogP contribution >= 0.6 is 0 Å². The molecule has 2 aliphatic rings. The summed E-state index contributed by atoms with van der Waals surface area (Å²) in [6, 6.07) is 0. The van der Waals surface area contributed by atoms with Crippen LogP contribution in [0.2, 0.25) is 0 Å². The fourth-order valence-corrected chi connectivity index (χ4v) is 3.19. The molecule has 1 aliphatic heterocycles. The fraction of sp³-hybridized carbons (Fsp3) is 0.786. The quantitative estimate of drug-likeness (QED) is 0.578. The van der Waals surface area contributed by atoms with E-state index >= 15 is 0 Å². The van der Waals surface area contributed by atoms with E-state index in [0.717, 1.165) is 32.2 Å². The molecule has 2 unspecified atom stereocenters. The normalized spacial score (nSPS) is 31.8. The maximum absolute atomic E-state index is 12.0. The zero-order valence-corrected chi connectivity index (χ0v) is 11.0. The fourth-order valence-electron chi connectivity index (χ4n) is 3.19. The van der Waals surface area contributed by atoms with Crippen LogP contribution in [-0.4, -0.2) is 47.7 Å². The first-order valence-electron chi connectivity index (χ1n) is 6.97. The maximum atomic E-state index is 12.0. The van der Waals surface area contributed by atoms with Crippen molar-refractivity contribution < 1.29 is 9.90 Å². The lowest BCUT2D eigenvalue weighted by Crippen LogP contribution is -2.55. The zero-order valence-electron chi connectivity index (χ0n) is 11.0. The highest BCUT2D eigenvalue weighted by molar-refractivity contribution is 5.78. The van der Waals surface area contributed by atoms with Gasteiger partial charge in [0.1, 0.15) is 0 Å². The smallest absolute Gasteiger partial charge is 0.236 e. The summed E-state index contributed by atoms with van der Waals surface area (Å²) in [6.07, 6.45) is 6.77. The molecular weight excluding hydrogens is 228 g/mol. The van der Waals surface area contributed by atoms with Crippen molar-refractivity contribution in [2.24, 2.45) is 5.92 Å². The third-order valence-corrected chi connectivity index (χ3v) is 4.35. The molecule has 0 radical (unpaired) electrons. The van der Waals surface area contributed by atoms with Crippen molar-refractivity contribution in [1.29, 1.82) is 0 Å². The number of carbonyl (C=O) groups excluding carboxylic acids is 1. The van der Waals surface area contributed by atoms with Crippen molar-refractivity contribution in [3.8, 4) is 0 Å². The van der Waals surface area contributed by atoms with Gasteiger partial charge < -0.3 is 15.3 Å². The summed E-state index contributed by atoms with van der Waals surface area (Å²) in [5.74, 6) is 0.424. The second-order valence-electron chi connectivity index (χ2n) is 5.56. The lowest BCUT2D eigenvalue weighted by atomic mass is 9.71. The number of aliphatic hydroxyl groups is 1. The first-order valence-corrected chi connectivity index (χ1v) is 6.97. The van der Waals surface area contributed by atoms with Crippen LogP contribution in [0.5, 0.6) is 0 Å². The van der Waals surface area contributed by atoms with Crippen LogP contribution in [0.1, 0.15) is 32.1 Å². The van der Waals surface area contributed by atoms with Crippen LogP contribution in [0, 0.1) is 5.92 Å². The summed E-state index contributed by atoms with van der Waals surface area (Å²) in [7, 11) is 0. The monoisotopic (exact) mass is 252 g/mol. The molecule has 1 saturated carbocycles. The van der Waals surface area contributed by atoms with Gasteiger partial charge in [-0.2, -0.15) is 0 Å². The number of hydrogen-bond acceptors (Lipinski definition) is 3. The number of piperidine rings is 1. The van der Waals surface area contributed by atoms with Crippen LogP contribution in [0.15, 0.2) is 12.7 Å². The average molecular weight is 252 g/mol. The molecule has 2 atom stereocenters. The predicted octanol–water partition coefficient (Wildman–Crippen LogP) is 0.916. The minimum atomic E-state index is -0.496. The highest BCUT2D eigenvalue weighted by atomic mass is 16.3. The van der Waals surface area contributed by atoms with Crippen LogP contribution in [0.4, 0.5) is 0 Å². The molecule has 2 rings (SSSR count). The van der Waals surface area contributed by atoms with Crippen molar-refractivity contribution in [3.05, 3.63) is 12.7 Å². The van der Waals surface area contributed by atoms with Crippen molar-refractivity contribution in [1.82, 2.24) is 10.2 Å². The van der Waals surface area contributed by atoms with E-state index in [2.05, 4.69) is 11.9 Å². The molecule has 0 bridgehead atoms. The Hall–Kier alpha value is -0.870. The van der Waals surface area contributed by atoms with Gasteiger partial charge in [-0.15, -0.1) is 6.58 Å². The largest absolute Gasteiger partial charge is 0.389 e. The van der Waals surface area contributed by atoms with E-state index in [4.69, 9.17) is 0 Å². The number of fused-ring (bicyclic) bond motifs is 1. The first kappa shape index (κ1) is 13.6. The van der Waals surface area contributed by atoms with Gasteiger partial charge in [-0.3, -0.25) is 4.79 Å². The Balaban J connectivity index is 1.86. The van der Waals surface area contributed by atoms with E-state index in [0.29, 0.717) is 19.6 Å². The summed E-state index contributed by atoms with van der Waals surface area (Å²) in [6.45, 7) is 6.07. The van der Waals surface area contributed by atoms with E-state index in [1.54, 1.807) is 6.08 Å². The molecule has 0 spiro atoms.